The van der Waals surface area contributed by atoms with Crippen molar-refractivity contribution in [3.8, 4) is 5.75 Å². The first-order valence-electron chi connectivity index (χ1n) is 7.66. The van der Waals surface area contributed by atoms with E-state index in [1.54, 1.807) is 13.0 Å². The molecule has 0 aliphatic heterocycles. The largest absolute Gasteiger partial charge is 0.483 e. The van der Waals surface area contributed by atoms with Gasteiger partial charge in [0.25, 0.3) is 5.91 Å². The van der Waals surface area contributed by atoms with Gasteiger partial charge in [0.1, 0.15) is 24.0 Å². The van der Waals surface area contributed by atoms with Crippen LogP contribution in [0.5, 0.6) is 5.75 Å². The molecule has 0 aliphatic carbocycles. The number of benzene rings is 2. The molecule has 0 spiro atoms. The number of halogens is 3. The van der Waals surface area contributed by atoms with Gasteiger partial charge in [0, 0.05) is 6.07 Å². The molecule has 2 aromatic carbocycles. The number of carbonyl (C=O) groups excluding carboxylic acids is 1. The Balaban J connectivity index is 1.65. The maximum absolute atomic E-state index is 13.7. The van der Waals surface area contributed by atoms with Crippen LogP contribution in [-0.2, 0) is 6.61 Å². The van der Waals surface area contributed by atoms with Crippen molar-refractivity contribution < 1.29 is 27.1 Å². The predicted molar refractivity (Wildman–Crippen MR) is 88.5 cm³/mol. The van der Waals surface area contributed by atoms with Crippen LogP contribution in [0.15, 0.2) is 52.9 Å². The molecule has 0 saturated heterocycles. The molecular formula is C19H14F3NO3. The zero-order valence-corrected chi connectivity index (χ0v) is 13.7. The molecule has 0 unspecified atom stereocenters. The van der Waals surface area contributed by atoms with Crippen LogP contribution in [0.2, 0.25) is 0 Å². The van der Waals surface area contributed by atoms with E-state index in [4.69, 9.17) is 9.15 Å². The van der Waals surface area contributed by atoms with Crippen LogP contribution in [0, 0.1) is 24.4 Å². The number of amides is 1. The molecule has 1 amide bonds. The molecule has 1 N–H and O–H groups in total. The summed E-state index contributed by atoms with van der Waals surface area (Å²) >= 11 is 0. The number of nitrogens with one attached hydrogen (secondary N) is 1. The van der Waals surface area contributed by atoms with E-state index in [9.17, 15) is 18.0 Å². The molecule has 0 aliphatic rings. The van der Waals surface area contributed by atoms with Gasteiger partial charge >= 0.3 is 0 Å². The average molecular weight is 361 g/mol. The van der Waals surface area contributed by atoms with Gasteiger partial charge in [0.05, 0.1) is 5.69 Å². The lowest BCUT2D eigenvalue weighted by Gasteiger charge is -2.06. The van der Waals surface area contributed by atoms with Crippen LogP contribution < -0.4 is 10.1 Å². The smallest absolute Gasteiger partial charge is 0.291 e. The number of furan rings is 1. The van der Waals surface area contributed by atoms with E-state index in [0.29, 0.717) is 6.07 Å². The Bertz CT molecular complexity index is 953. The minimum atomic E-state index is -0.843. The Morgan fingerprint density at radius 3 is 2.62 bits per heavy atom. The fourth-order valence-electron chi connectivity index (χ4n) is 2.24. The predicted octanol–water partition coefficient (Wildman–Crippen LogP) is 4.84. The topological polar surface area (TPSA) is 51.5 Å². The van der Waals surface area contributed by atoms with E-state index in [2.05, 4.69) is 5.32 Å². The lowest BCUT2D eigenvalue weighted by Crippen LogP contribution is -2.12. The van der Waals surface area contributed by atoms with Crippen LogP contribution in [0.3, 0.4) is 0 Å². The Kier molecular flexibility index (Phi) is 4.97. The van der Waals surface area contributed by atoms with E-state index in [0.717, 1.165) is 17.7 Å². The number of ether oxygens (including phenoxy) is 1. The van der Waals surface area contributed by atoms with Crippen molar-refractivity contribution in [2.24, 2.45) is 0 Å². The second-order valence-electron chi connectivity index (χ2n) is 5.57. The second kappa shape index (κ2) is 7.35. The second-order valence-corrected chi connectivity index (χ2v) is 5.57. The molecule has 7 heteroatoms. The Morgan fingerprint density at radius 1 is 1.04 bits per heavy atom. The summed E-state index contributed by atoms with van der Waals surface area (Å²) in [7, 11) is 0. The third kappa shape index (κ3) is 4.05. The quantitative estimate of drug-likeness (QED) is 0.708. The van der Waals surface area contributed by atoms with E-state index in [1.807, 2.05) is 0 Å². The maximum Gasteiger partial charge on any atom is 0.291 e. The number of rotatable bonds is 5. The molecular weight excluding hydrogens is 347 g/mol. The van der Waals surface area contributed by atoms with E-state index < -0.39 is 23.4 Å². The minimum absolute atomic E-state index is 0.0394. The van der Waals surface area contributed by atoms with Crippen LogP contribution >= 0.6 is 0 Å². The molecule has 0 saturated carbocycles. The fraction of sp³-hybridized carbons (Fsp3) is 0.105. The van der Waals surface area contributed by atoms with Crippen molar-refractivity contribution >= 4 is 11.6 Å². The summed E-state index contributed by atoms with van der Waals surface area (Å²) in [5, 5.41) is 2.42. The number of carbonyl (C=O) groups is 1. The first-order chi connectivity index (χ1) is 12.4. The van der Waals surface area contributed by atoms with Gasteiger partial charge in [-0.05, 0) is 48.9 Å². The highest BCUT2D eigenvalue weighted by molar-refractivity contribution is 6.02. The van der Waals surface area contributed by atoms with Crippen LogP contribution in [0.4, 0.5) is 18.9 Å². The number of anilines is 1. The van der Waals surface area contributed by atoms with Gasteiger partial charge in [0.2, 0.25) is 0 Å². The van der Waals surface area contributed by atoms with Gasteiger partial charge in [-0.3, -0.25) is 4.79 Å². The van der Waals surface area contributed by atoms with Crippen molar-refractivity contribution in [2.45, 2.75) is 13.5 Å². The number of aryl methyl sites for hydroxylation is 1. The van der Waals surface area contributed by atoms with Gasteiger partial charge < -0.3 is 14.5 Å². The molecule has 4 nitrogen and oxygen atoms in total. The zero-order chi connectivity index (χ0) is 18.7. The number of hydrogen-bond acceptors (Lipinski definition) is 3. The van der Waals surface area contributed by atoms with Crippen molar-refractivity contribution in [3.63, 3.8) is 0 Å². The molecule has 3 aromatic rings. The Labute approximate surface area is 147 Å². The summed E-state index contributed by atoms with van der Waals surface area (Å²) in [5.41, 5.74) is 0.828. The molecule has 3 rings (SSSR count). The van der Waals surface area contributed by atoms with Crippen molar-refractivity contribution in [2.75, 3.05) is 5.32 Å². The third-order valence-electron chi connectivity index (χ3n) is 3.52. The molecule has 0 bridgehead atoms. The molecule has 1 heterocycles. The van der Waals surface area contributed by atoms with Gasteiger partial charge in [-0.2, -0.15) is 0 Å². The van der Waals surface area contributed by atoms with Crippen molar-refractivity contribution in [1.29, 1.82) is 0 Å². The van der Waals surface area contributed by atoms with E-state index >= 15 is 0 Å². The molecule has 26 heavy (non-hydrogen) atoms. The molecule has 0 fully saturated rings. The first kappa shape index (κ1) is 17.6. The van der Waals surface area contributed by atoms with Crippen molar-refractivity contribution in [3.05, 3.63) is 83.1 Å². The van der Waals surface area contributed by atoms with E-state index in [-0.39, 0.29) is 29.6 Å². The van der Waals surface area contributed by atoms with Gasteiger partial charge in [-0.15, -0.1) is 0 Å². The Hall–Kier alpha value is -3.22. The molecule has 0 radical (unpaired) electrons. The summed E-state index contributed by atoms with van der Waals surface area (Å²) in [6, 6.07) is 10.1. The normalized spacial score (nSPS) is 10.6. The monoisotopic (exact) mass is 361 g/mol. The summed E-state index contributed by atoms with van der Waals surface area (Å²) < 4.78 is 50.6. The fourth-order valence-corrected chi connectivity index (χ4v) is 2.24. The minimum Gasteiger partial charge on any atom is -0.483 e. The highest BCUT2D eigenvalue weighted by Gasteiger charge is 2.14. The zero-order valence-electron chi connectivity index (χ0n) is 13.7. The Morgan fingerprint density at radius 2 is 1.85 bits per heavy atom. The van der Waals surface area contributed by atoms with Crippen molar-refractivity contribution in [1.82, 2.24) is 0 Å². The first-order valence-corrected chi connectivity index (χ1v) is 7.66. The van der Waals surface area contributed by atoms with E-state index in [1.165, 1.54) is 24.3 Å². The molecule has 1 aromatic heterocycles. The van der Waals surface area contributed by atoms with Gasteiger partial charge in [-0.25, -0.2) is 13.2 Å². The summed E-state index contributed by atoms with van der Waals surface area (Å²) in [5.74, 6) is -2.69. The highest BCUT2D eigenvalue weighted by atomic mass is 19.1. The van der Waals surface area contributed by atoms with Gasteiger partial charge in [0.15, 0.2) is 17.3 Å². The van der Waals surface area contributed by atoms with Gasteiger partial charge in [-0.1, -0.05) is 6.07 Å². The maximum atomic E-state index is 13.7. The van der Waals surface area contributed by atoms with Crippen LogP contribution in [-0.4, -0.2) is 5.91 Å². The summed E-state index contributed by atoms with van der Waals surface area (Å²) in [4.78, 5) is 12.1. The SMILES string of the molecule is Cc1ccc(F)c(NC(=O)c2ccc(COc3ccc(F)cc3F)o2)c1. The lowest BCUT2D eigenvalue weighted by molar-refractivity contribution is 0.0992. The van der Waals surface area contributed by atoms with Crippen LogP contribution in [0.1, 0.15) is 21.9 Å². The third-order valence-corrected chi connectivity index (χ3v) is 3.52. The number of hydrogen-bond donors (Lipinski definition) is 1. The highest BCUT2D eigenvalue weighted by Crippen LogP contribution is 2.21. The van der Waals surface area contributed by atoms with Crippen LogP contribution in [0.25, 0.3) is 0 Å². The standard InChI is InChI=1S/C19H14F3NO3/c1-11-2-5-14(21)16(8-11)23-19(24)18-7-4-13(26-18)10-25-17-6-3-12(20)9-15(17)22/h2-9H,10H2,1H3,(H,23,24). The molecule has 0 atom stereocenters. The average Bonchev–Trinajstić information content (AvgIpc) is 3.06. The molecule has 134 valence electrons. The lowest BCUT2D eigenvalue weighted by atomic mass is 10.2. The summed E-state index contributed by atoms with van der Waals surface area (Å²) in [6.07, 6.45) is 0. The summed E-state index contributed by atoms with van der Waals surface area (Å²) in [6.45, 7) is 1.61.